The molecule has 4 rings (SSSR count). The van der Waals surface area contributed by atoms with Gasteiger partial charge in [0, 0.05) is 29.5 Å². The monoisotopic (exact) mass is 479 g/mol. The third-order valence-electron chi connectivity index (χ3n) is 6.57. The van der Waals surface area contributed by atoms with Crippen LogP contribution < -0.4 is 14.4 Å². The van der Waals surface area contributed by atoms with Gasteiger partial charge in [-0.3, -0.25) is 4.79 Å². The number of anilines is 1. The minimum absolute atomic E-state index is 0.0475. The van der Waals surface area contributed by atoms with Gasteiger partial charge in [-0.25, -0.2) is 0 Å². The van der Waals surface area contributed by atoms with Gasteiger partial charge in [0.05, 0.1) is 19.9 Å². The van der Waals surface area contributed by atoms with Crippen LogP contribution in [0.2, 0.25) is 0 Å². The number of carbonyl (C=O) groups is 1. The molecule has 1 heterocycles. The first kappa shape index (κ1) is 23.8. The number of benzene rings is 2. The summed E-state index contributed by atoms with van der Waals surface area (Å²) < 4.78 is 49.1. The number of nitrogens with zero attached hydrogens (tertiary/aromatic N) is 1. The average Bonchev–Trinajstić information content (AvgIpc) is 3.08. The van der Waals surface area contributed by atoms with Gasteiger partial charge in [0.1, 0.15) is 0 Å². The SMILES string of the molecule is COc1cc2c(c(N3CCC(C)CC3)c1OC)CC(Cc1ccc(SC(F)(F)F)cc1)C2=O. The predicted molar refractivity (Wildman–Crippen MR) is 124 cm³/mol. The van der Waals surface area contributed by atoms with Crippen LogP contribution in [0.25, 0.3) is 0 Å². The number of Topliss-reactive ketones (excluding diaryl/α,β-unsaturated/α-hetero) is 1. The van der Waals surface area contributed by atoms with Crippen molar-refractivity contribution in [1.29, 1.82) is 0 Å². The summed E-state index contributed by atoms with van der Waals surface area (Å²) in [6.45, 7) is 4.05. The molecule has 4 nitrogen and oxygen atoms in total. The van der Waals surface area contributed by atoms with Crippen LogP contribution >= 0.6 is 11.8 Å². The van der Waals surface area contributed by atoms with Gasteiger partial charge in [0.25, 0.3) is 0 Å². The predicted octanol–water partition coefficient (Wildman–Crippen LogP) is 6.15. The maximum atomic E-state index is 13.3. The number of methoxy groups -OCH3 is 2. The minimum Gasteiger partial charge on any atom is -0.493 e. The molecule has 8 heteroatoms. The Morgan fingerprint density at radius 2 is 1.76 bits per heavy atom. The smallest absolute Gasteiger partial charge is 0.446 e. The molecule has 1 unspecified atom stereocenters. The molecular weight excluding hydrogens is 451 g/mol. The van der Waals surface area contributed by atoms with Crippen molar-refractivity contribution in [3.8, 4) is 11.5 Å². The van der Waals surface area contributed by atoms with Crippen LogP contribution in [-0.4, -0.2) is 38.6 Å². The molecule has 2 aromatic carbocycles. The van der Waals surface area contributed by atoms with Crippen molar-refractivity contribution in [1.82, 2.24) is 0 Å². The number of hydrogen-bond acceptors (Lipinski definition) is 5. The van der Waals surface area contributed by atoms with Crippen LogP contribution in [0.4, 0.5) is 18.9 Å². The second-order valence-electron chi connectivity index (χ2n) is 8.82. The molecule has 0 aromatic heterocycles. The zero-order valence-corrected chi connectivity index (χ0v) is 19.8. The molecule has 178 valence electrons. The lowest BCUT2D eigenvalue weighted by Gasteiger charge is -2.34. The van der Waals surface area contributed by atoms with Crippen LogP contribution in [0.5, 0.6) is 11.5 Å². The van der Waals surface area contributed by atoms with Crippen molar-refractivity contribution in [3.05, 3.63) is 47.0 Å². The van der Waals surface area contributed by atoms with Crippen molar-refractivity contribution >= 4 is 23.2 Å². The van der Waals surface area contributed by atoms with Crippen molar-refractivity contribution in [3.63, 3.8) is 0 Å². The number of ether oxygens (including phenoxy) is 2. The summed E-state index contributed by atoms with van der Waals surface area (Å²) in [6.07, 6.45) is 3.21. The zero-order valence-electron chi connectivity index (χ0n) is 19.0. The molecule has 1 saturated heterocycles. The molecule has 0 spiro atoms. The molecule has 0 saturated carbocycles. The van der Waals surface area contributed by atoms with E-state index in [2.05, 4.69) is 11.8 Å². The molecule has 2 aliphatic rings. The second-order valence-corrected chi connectivity index (χ2v) is 9.96. The topological polar surface area (TPSA) is 38.8 Å². The summed E-state index contributed by atoms with van der Waals surface area (Å²) in [4.78, 5) is 15.8. The Bertz CT molecular complexity index is 1020. The van der Waals surface area contributed by atoms with Gasteiger partial charge in [0.2, 0.25) is 0 Å². The van der Waals surface area contributed by atoms with Gasteiger partial charge in [-0.2, -0.15) is 13.2 Å². The Hall–Kier alpha value is -2.35. The van der Waals surface area contributed by atoms with E-state index >= 15 is 0 Å². The van der Waals surface area contributed by atoms with Crippen LogP contribution in [-0.2, 0) is 12.8 Å². The highest BCUT2D eigenvalue weighted by molar-refractivity contribution is 8.00. The molecule has 2 aromatic rings. The first-order valence-corrected chi connectivity index (χ1v) is 11.9. The zero-order chi connectivity index (χ0) is 23.8. The van der Waals surface area contributed by atoms with Gasteiger partial charge in [0.15, 0.2) is 17.3 Å². The number of fused-ring (bicyclic) bond motifs is 1. The van der Waals surface area contributed by atoms with Gasteiger partial charge in [-0.05, 0) is 72.7 Å². The number of carbonyl (C=O) groups excluding carboxylic acids is 1. The third-order valence-corrected chi connectivity index (χ3v) is 7.31. The third kappa shape index (κ3) is 5.10. The Morgan fingerprint density at radius 3 is 2.33 bits per heavy atom. The summed E-state index contributed by atoms with van der Waals surface area (Å²) in [7, 11) is 3.19. The highest BCUT2D eigenvalue weighted by atomic mass is 32.2. The van der Waals surface area contributed by atoms with Crippen molar-refractivity contribution in [2.75, 3.05) is 32.2 Å². The first-order chi connectivity index (χ1) is 15.7. The number of ketones is 1. The highest BCUT2D eigenvalue weighted by Crippen LogP contribution is 2.48. The normalized spacial score (nSPS) is 19.0. The standard InChI is InChI=1S/C25H28F3NO3S/c1-15-8-10-29(11-9-15)22-19-13-17(23(30)20(19)14-21(31-2)24(22)32-3)12-16-4-6-18(7-5-16)33-25(26,27)28/h4-7,14-15,17H,8-13H2,1-3H3. The fourth-order valence-corrected chi connectivity index (χ4v) is 5.38. The number of thioether (sulfide) groups is 1. The molecule has 1 aliphatic carbocycles. The first-order valence-electron chi connectivity index (χ1n) is 11.1. The highest BCUT2D eigenvalue weighted by Gasteiger charge is 2.37. The van der Waals surface area contributed by atoms with Gasteiger partial charge >= 0.3 is 5.51 Å². The number of rotatable bonds is 6. The number of hydrogen-bond donors (Lipinski definition) is 0. The fraction of sp³-hybridized carbons (Fsp3) is 0.480. The lowest BCUT2D eigenvalue weighted by Crippen LogP contribution is -2.33. The van der Waals surface area contributed by atoms with Gasteiger partial charge < -0.3 is 14.4 Å². The Morgan fingerprint density at radius 1 is 1.09 bits per heavy atom. The number of piperidine rings is 1. The van der Waals surface area contributed by atoms with Crippen molar-refractivity contribution in [2.24, 2.45) is 11.8 Å². The maximum absolute atomic E-state index is 13.3. The lowest BCUT2D eigenvalue weighted by molar-refractivity contribution is -0.0328. The Kier molecular flexibility index (Phi) is 6.84. The molecule has 0 amide bonds. The van der Waals surface area contributed by atoms with Crippen molar-refractivity contribution < 1.29 is 27.4 Å². The van der Waals surface area contributed by atoms with Gasteiger partial charge in [-0.1, -0.05) is 19.1 Å². The Balaban J connectivity index is 1.61. The largest absolute Gasteiger partial charge is 0.493 e. The molecular formula is C25H28F3NO3S. The second kappa shape index (κ2) is 9.49. The summed E-state index contributed by atoms with van der Waals surface area (Å²) in [6, 6.07) is 8.06. The minimum atomic E-state index is -4.31. The van der Waals surface area contributed by atoms with Crippen LogP contribution in [0, 0.1) is 11.8 Å². The van der Waals surface area contributed by atoms with Crippen LogP contribution in [0.1, 0.15) is 41.3 Å². The number of alkyl halides is 3. The lowest BCUT2D eigenvalue weighted by atomic mass is 9.95. The molecule has 1 atom stereocenters. The van der Waals surface area contributed by atoms with E-state index < -0.39 is 5.51 Å². The van der Waals surface area contributed by atoms with Gasteiger partial charge in [-0.15, -0.1) is 0 Å². The molecule has 33 heavy (non-hydrogen) atoms. The van der Waals surface area contributed by atoms with E-state index in [4.69, 9.17) is 9.47 Å². The van der Waals surface area contributed by atoms with E-state index in [1.165, 1.54) is 12.1 Å². The molecule has 0 bridgehead atoms. The average molecular weight is 480 g/mol. The van der Waals surface area contributed by atoms with E-state index in [9.17, 15) is 18.0 Å². The van der Waals surface area contributed by atoms with E-state index in [1.54, 1.807) is 32.4 Å². The van der Waals surface area contributed by atoms with Crippen LogP contribution in [0.15, 0.2) is 35.2 Å². The molecule has 0 N–H and O–H groups in total. The summed E-state index contributed by atoms with van der Waals surface area (Å²) >= 11 is -0.132. The molecule has 1 fully saturated rings. The molecule has 0 radical (unpaired) electrons. The summed E-state index contributed by atoms with van der Waals surface area (Å²) in [5, 5.41) is 0. The van der Waals surface area contributed by atoms with E-state index in [1.807, 2.05) is 0 Å². The van der Waals surface area contributed by atoms with Crippen molar-refractivity contribution in [2.45, 2.75) is 43.0 Å². The number of halogens is 3. The van der Waals surface area contributed by atoms with E-state index in [0.29, 0.717) is 35.8 Å². The maximum Gasteiger partial charge on any atom is 0.446 e. The summed E-state index contributed by atoms with van der Waals surface area (Å²) in [5.74, 6) is 1.66. The fourth-order valence-electron chi connectivity index (χ4n) is 4.84. The Labute approximate surface area is 196 Å². The molecule has 1 aliphatic heterocycles. The van der Waals surface area contributed by atoms with E-state index in [0.717, 1.165) is 42.7 Å². The quantitative estimate of drug-likeness (QED) is 0.465. The van der Waals surface area contributed by atoms with E-state index in [-0.39, 0.29) is 28.4 Å². The summed E-state index contributed by atoms with van der Waals surface area (Å²) in [5.41, 5.74) is -0.867. The van der Waals surface area contributed by atoms with Crippen LogP contribution in [0.3, 0.4) is 0 Å².